The molecule has 0 atom stereocenters. The minimum Gasteiger partial charge on any atom is -0.508 e. The third kappa shape index (κ3) is 3.74. The maximum Gasteiger partial charge on any atom is 0.271 e. The summed E-state index contributed by atoms with van der Waals surface area (Å²) in [6.07, 6.45) is 4.17. The first-order valence-electron chi connectivity index (χ1n) is 8.11. The summed E-state index contributed by atoms with van der Waals surface area (Å²) in [6, 6.07) is 12.3. The number of anilines is 1. The summed E-state index contributed by atoms with van der Waals surface area (Å²) in [7, 11) is 0. The Morgan fingerprint density at radius 3 is 2.54 bits per heavy atom. The van der Waals surface area contributed by atoms with Gasteiger partial charge in [0.2, 0.25) is 0 Å². The molecule has 1 saturated heterocycles. The quantitative estimate of drug-likeness (QED) is 0.671. The van der Waals surface area contributed by atoms with Crippen molar-refractivity contribution < 1.29 is 9.90 Å². The smallest absolute Gasteiger partial charge is 0.271 e. The average molecular weight is 323 g/mol. The van der Waals surface area contributed by atoms with E-state index in [-0.39, 0.29) is 11.7 Å². The molecule has 1 heterocycles. The van der Waals surface area contributed by atoms with Crippen molar-refractivity contribution in [2.75, 3.05) is 18.0 Å². The van der Waals surface area contributed by atoms with E-state index in [1.165, 1.54) is 30.7 Å². The van der Waals surface area contributed by atoms with Gasteiger partial charge in [-0.15, -0.1) is 0 Å². The minimum atomic E-state index is -0.308. The molecule has 1 aliphatic heterocycles. The number of aryl methyl sites for hydroxylation is 1. The van der Waals surface area contributed by atoms with Crippen LogP contribution in [0.25, 0.3) is 0 Å². The molecule has 5 nitrogen and oxygen atoms in total. The Morgan fingerprint density at radius 1 is 1.17 bits per heavy atom. The maximum atomic E-state index is 11.9. The van der Waals surface area contributed by atoms with Crippen LogP contribution in [-0.2, 0) is 0 Å². The van der Waals surface area contributed by atoms with Crippen molar-refractivity contribution in [1.82, 2.24) is 5.43 Å². The van der Waals surface area contributed by atoms with E-state index in [0.717, 1.165) is 24.2 Å². The van der Waals surface area contributed by atoms with Gasteiger partial charge >= 0.3 is 0 Å². The molecular weight excluding hydrogens is 302 g/mol. The fourth-order valence-corrected chi connectivity index (χ4v) is 2.81. The van der Waals surface area contributed by atoms with Gasteiger partial charge in [-0.1, -0.05) is 6.07 Å². The first-order valence-corrected chi connectivity index (χ1v) is 8.11. The van der Waals surface area contributed by atoms with Crippen LogP contribution in [0.4, 0.5) is 5.69 Å². The van der Waals surface area contributed by atoms with Crippen LogP contribution in [0.15, 0.2) is 47.6 Å². The highest BCUT2D eigenvalue weighted by Crippen LogP contribution is 2.22. The van der Waals surface area contributed by atoms with E-state index in [1.807, 2.05) is 13.0 Å². The second kappa shape index (κ2) is 7.17. The molecule has 0 unspecified atom stereocenters. The van der Waals surface area contributed by atoms with Crippen LogP contribution < -0.4 is 10.3 Å². The lowest BCUT2D eigenvalue weighted by atomic mass is 10.1. The molecule has 0 bridgehead atoms. The highest BCUT2D eigenvalue weighted by atomic mass is 16.3. The average Bonchev–Trinajstić information content (AvgIpc) is 3.11. The molecule has 1 fully saturated rings. The van der Waals surface area contributed by atoms with Crippen molar-refractivity contribution in [1.29, 1.82) is 0 Å². The highest BCUT2D eigenvalue weighted by molar-refractivity contribution is 5.95. The van der Waals surface area contributed by atoms with Gasteiger partial charge in [0.1, 0.15) is 5.75 Å². The first-order chi connectivity index (χ1) is 11.6. The normalized spacial score (nSPS) is 14.3. The SMILES string of the molecule is Cc1cc(N2CCCC2)ccc1/C=N/NC(=O)c1ccc(O)cc1. The lowest BCUT2D eigenvalue weighted by Crippen LogP contribution is -2.18. The van der Waals surface area contributed by atoms with Crippen molar-refractivity contribution in [2.45, 2.75) is 19.8 Å². The van der Waals surface area contributed by atoms with E-state index < -0.39 is 0 Å². The summed E-state index contributed by atoms with van der Waals surface area (Å²) in [4.78, 5) is 14.3. The van der Waals surface area contributed by atoms with Crippen molar-refractivity contribution in [3.8, 4) is 5.75 Å². The van der Waals surface area contributed by atoms with Gasteiger partial charge < -0.3 is 10.0 Å². The molecule has 2 N–H and O–H groups in total. The van der Waals surface area contributed by atoms with Crippen LogP contribution in [0.3, 0.4) is 0 Å². The Labute approximate surface area is 141 Å². The number of hydrazone groups is 1. The fourth-order valence-electron chi connectivity index (χ4n) is 2.81. The third-order valence-corrected chi connectivity index (χ3v) is 4.22. The highest BCUT2D eigenvalue weighted by Gasteiger charge is 2.12. The monoisotopic (exact) mass is 323 g/mol. The zero-order valence-corrected chi connectivity index (χ0v) is 13.7. The van der Waals surface area contributed by atoms with Crippen LogP contribution >= 0.6 is 0 Å². The number of nitrogens with one attached hydrogen (secondary N) is 1. The summed E-state index contributed by atoms with van der Waals surface area (Å²) in [5, 5.41) is 13.3. The summed E-state index contributed by atoms with van der Waals surface area (Å²) in [5.74, 6) is -0.179. The summed E-state index contributed by atoms with van der Waals surface area (Å²) >= 11 is 0. The van der Waals surface area contributed by atoms with E-state index >= 15 is 0 Å². The largest absolute Gasteiger partial charge is 0.508 e. The number of carbonyl (C=O) groups is 1. The van der Waals surface area contributed by atoms with Crippen LogP contribution in [0.1, 0.15) is 34.3 Å². The molecule has 0 saturated carbocycles. The van der Waals surface area contributed by atoms with Crippen molar-refractivity contribution in [3.05, 3.63) is 59.2 Å². The summed E-state index contributed by atoms with van der Waals surface area (Å²) in [6.45, 7) is 4.29. The van der Waals surface area contributed by atoms with Gasteiger partial charge in [0.15, 0.2) is 0 Å². The number of aromatic hydroxyl groups is 1. The number of carbonyl (C=O) groups excluding carboxylic acids is 1. The van der Waals surface area contributed by atoms with Gasteiger partial charge in [0, 0.05) is 24.3 Å². The number of rotatable bonds is 4. The third-order valence-electron chi connectivity index (χ3n) is 4.22. The second-order valence-electron chi connectivity index (χ2n) is 5.98. The number of hydrogen-bond acceptors (Lipinski definition) is 4. The van der Waals surface area contributed by atoms with Crippen LogP contribution in [-0.4, -0.2) is 30.3 Å². The topological polar surface area (TPSA) is 64.9 Å². The Balaban J connectivity index is 1.63. The lowest BCUT2D eigenvalue weighted by molar-refractivity contribution is 0.0955. The zero-order valence-electron chi connectivity index (χ0n) is 13.7. The predicted octanol–water partition coefficient (Wildman–Crippen LogP) is 3.06. The molecule has 2 aromatic carbocycles. The van der Waals surface area contributed by atoms with Crippen LogP contribution in [0, 0.1) is 6.92 Å². The van der Waals surface area contributed by atoms with E-state index in [2.05, 4.69) is 27.6 Å². The molecule has 0 spiro atoms. The van der Waals surface area contributed by atoms with Crippen molar-refractivity contribution in [3.63, 3.8) is 0 Å². The number of hydrogen-bond donors (Lipinski definition) is 2. The molecule has 0 aliphatic carbocycles. The Morgan fingerprint density at radius 2 is 1.88 bits per heavy atom. The Kier molecular flexibility index (Phi) is 4.79. The number of phenolic OH excluding ortho intramolecular Hbond substituents is 1. The molecule has 0 radical (unpaired) electrons. The van der Waals surface area contributed by atoms with Gasteiger partial charge in [-0.3, -0.25) is 4.79 Å². The predicted molar refractivity (Wildman–Crippen MR) is 95.8 cm³/mol. The van der Waals surface area contributed by atoms with Gasteiger partial charge in [-0.05, 0) is 67.3 Å². The number of nitrogens with zero attached hydrogens (tertiary/aromatic N) is 2. The van der Waals surface area contributed by atoms with Gasteiger partial charge in [0.05, 0.1) is 6.21 Å². The van der Waals surface area contributed by atoms with Gasteiger partial charge in [0.25, 0.3) is 5.91 Å². The molecule has 24 heavy (non-hydrogen) atoms. The lowest BCUT2D eigenvalue weighted by Gasteiger charge is -2.18. The Bertz CT molecular complexity index is 748. The van der Waals surface area contributed by atoms with Gasteiger partial charge in [-0.2, -0.15) is 5.10 Å². The molecule has 1 aliphatic rings. The van der Waals surface area contributed by atoms with E-state index in [9.17, 15) is 9.90 Å². The first kappa shape index (κ1) is 16.1. The molecule has 1 amide bonds. The number of benzene rings is 2. The fraction of sp³-hybridized carbons (Fsp3) is 0.263. The summed E-state index contributed by atoms with van der Waals surface area (Å²) in [5.41, 5.74) is 6.30. The standard InChI is InChI=1S/C19H21N3O2/c1-14-12-17(22-10-2-3-11-22)7-4-16(14)13-20-21-19(24)15-5-8-18(23)9-6-15/h4-9,12-13,23H,2-3,10-11H2,1H3,(H,21,24)/b20-13+. The number of phenols is 1. The van der Waals surface area contributed by atoms with Crippen molar-refractivity contribution in [2.24, 2.45) is 5.10 Å². The molecule has 2 aromatic rings. The summed E-state index contributed by atoms with van der Waals surface area (Å²) < 4.78 is 0. The molecule has 5 heteroatoms. The molecule has 124 valence electrons. The van der Waals surface area contributed by atoms with E-state index in [1.54, 1.807) is 18.3 Å². The Hall–Kier alpha value is -2.82. The van der Waals surface area contributed by atoms with Crippen LogP contribution in [0.5, 0.6) is 5.75 Å². The van der Waals surface area contributed by atoms with Crippen LogP contribution in [0.2, 0.25) is 0 Å². The molecular formula is C19H21N3O2. The zero-order chi connectivity index (χ0) is 16.9. The molecule has 0 aromatic heterocycles. The van der Waals surface area contributed by atoms with E-state index in [4.69, 9.17) is 0 Å². The maximum absolute atomic E-state index is 11.9. The van der Waals surface area contributed by atoms with Gasteiger partial charge in [-0.25, -0.2) is 5.43 Å². The number of amides is 1. The minimum absolute atomic E-state index is 0.128. The second-order valence-corrected chi connectivity index (χ2v) is 5.98. The van der Waals surface area contributed by atoms with E-state index in [0.29, 0.717) is 5.56 Å². The molecule has 3 rings (SSSR count). The van der Waals surface area contributed by atoms with Crippen molar-refractivity contribution >= 4 is 17.8 Å².